The number of halogens is 2. The van der Waals surface area contributed by atoms with Crippen molar-refractivity contribution >= 4 is 11.6 Å². The van der Waals surface area contributed by atoms with E-state index < -0.39 is 0 Å². The highest BCUT2D eigenvalue weighted by Gasteiger charge is 1.99. The van der Waals surface area contributed by atoms with Gasteiger partial charge in [0.05, 0.1) is 0 Å². The number of likely N-dealkylation sites (N-methyl/N-ethyl adjacent to an activating group) is 1. The minimum atomic E-state index is -0.282. The van der Waals surface area contributed by atoms with E-state index in [0.717, 1.165) is 25.2 Å². The van der Waals surface area contributed by atoms with Gasteiger partial charge in [-0.05, 0) is 37.4 Å². The quantitative estimate of drug-likeness (QED) is 0.774. The van der Waals surface area contributed by atoms with Crippen molar-refractivity contribution in [1.29, 1.82) is 0 Å². The lowest BCUT2D eigenvalue weighted by molar-refractivity contribution is 0.349. The van der Waals surface area contributed by atoms with Crippen molar-refractivity contribution in [2.45, 2.75) is 13.5 Å². The van der Waals surface area contributed by atoms with Gasteiger partial charge in [-0.3, -0.25) is 0 Å². The molecule has 1 aromatic rings. The molecule has 1 N–H and O–H groups in total. The summed E-state index contributed by atoms with van der Waals surface area (Å²) in [5.41, 5.74) is 0.879. The highest BCUT2D eigenvalue weighted by molar-refractivity contribution is 6.30. The van der Waals surface area contributed by atoms with E-state index >= 15 is 0 Å². The van der Waals surface area contributed by atoms with Gasteiger partial charge >= 0.3 is 0 Å². The fourth-order valence-electron chi connectivity index (χ4n) is 1.37. The van der Waals surface area contributed by atoms with Gasteiger partial charge in [-0.2, -0.15) is 0 Å². The predicted molar refractivity (Wildman–Crippen MR) is 66.3 cm³/mol. The summed E-state index contributed by atoms with van der Waals surface area (Å²) in [7, 11) is 2.07. The summed E-state index contributed by atoms with van der Waals surface area (Å²) < 4.78 is 13.0. The zero-order valence-corrected chi connectivity index (χ0v) is 10.5. The number of rotatable bonds is 6. The average molecular weight is 245 g/mol. The third kappa shape index (κ3) is 4.92. The van der Waals surface area contributed by atoms with Crippen LogP contribution in [0.15, 0.2) is 18.2 Å². The molecule has 0 aliphatic heterocycles. The maximum absolute atomic E-state index is 13.0. The molecule has 1 rings (SSSR count). The van der Waals surface area contributed by atoms with Crippen molar-refractivity contribution in [2.75, 3.05) is 26.7 Å². The van der Waals surface area contributed by atoms with Crippen LogP contribution in [0.4, 0.5) is 4.39 Å². The first kappa shape index (κ1) is 13.4. The zero-order chi connectivity index (χ0) is 12.0. The van der Waals surface area contributed by atoms with Gasteiger partial charge < -0.3 is 10.2 Å². The monoisotopic (exact) mass is 244 g/mol. The van der Waals surface area contributed by atoms with Crippen LogP contribution < -0.4 is 5.32 Å². The Kier molecular flexibility index (Phi) is 5.74. The molecule has 0 fully saturated rings. The molecule has 90 valence electrons. The van der Waals surface area contributed by atoms with Gasteiger partial charge in [0, 0.05) is 24.7 Å². The SMILES string of the molecule is CCN(C)CCNCc1cc(F)cc(Cl)c1. The second-order valence-corrected chi connectivity index (χ2v) is 4.29. The Hall–Kier alpha value is -0.640. The Morgan fingerprint density at radius 2 is 2.12 bits per heavy atom. The molecule has 0 atom stereocenters. The third-order valence-electron chi connectivity index (χ3n) is 2.46. The summed E-state index contributed by atoms with van der Waals surface area (Å²) in [4.78, 5) is 2.21. The molecule has 0 radical (unpaired) electrons. The van der Waals surface area contributed by atoms with E-state index in [4.69, 9.17) is 11.6 Å². The van der Waals surface area contributed by atoms with Gasteiger partial charge in [0.15, 0.2) is 0 Å². The van der Waals surface area contributed by atoms with E-state index in [1.807, 2.05) is 0 Å². The fourth-order valence-corrected chi connectivity index (χ4v) is 1.62. The molecule has 0 aliphatic rings. The lowest BCUT2D eigenvalue weighted by Gasteiger charge is -2.14. The molecule has 4 heteroatoms. The molecule has 0 bridgehead atoms. The molecule has 0 aromatic heterocycles. The summed E-state index contributed by atoms with van der Waals surface area (Å²) in [6, 6.07) is 4.60. The summed E-state index contributed by atoms with van der Waals surface area (Å²) in [6.07, 6.45) is 0. The van der Waals surface area contributed by atoms with Crippen LogP contribution in [0.3, 0.4) is 0 Å². The van der Waals surface area contributed by atoms with E-state index in [2.05, 4.69) is 24.2 Å². The van der Waals surface area contributed by atoms with Gasteiger partial charge in [0.2, 0.25) is 0 Å². The van der Waals surface area contributed by atoms with Gasteiger partial charge in [-0.15, -0.1) is 0 Å². The highest BCUT2D eigenvalue weighted by Crippen LogP contribution is 2.13. The summed E-state index contributed by atoms with van der Waals surface area (Å²) >= 11 is 5.76. The number of hydrogen-bond donors (Lipinski definition) is 1. The van der Waals surface area contributed by atoms with Crippen LogP contribution in [0.2, 0.25) is 5.02 Å². The minimum absolute atomic E-state index is 0.282. The Bertz CT molecular complexity index is 311. The van der Waals surface area contributed by atoms with Crippen molar-refractivity contribution in [2.24, 2.45) is 0 Å². The van der Waals surface area contributed by atoms with Gasteiger partial charge in [-0.1, -0.05) is 18.5 Å². The predicted octanol–water partition coefficient (Wildman–Crippen LogP) is 2.52. The van der Waals surface area contributed by atoms with Crippen LogP contribution >= 0.6 is 11.6 Å². The third-order valence-corrected chi connectivity index (χ3v) is 2.68. The zero-order valence-electron chi connectivity index (χ0n) is 9.76. The van der Waals surface area contributed by atoms with Crippen molar-refractivity contribution in [3.8, 4) is 0 Å². The Balaban J connectivity index is 2.32. The topological polar surface area (TPSA) is 15.3 Å². The van der Waals surface area contributed by atoms with Crippen LogP contribution in [-0.4, -0.2) is 31.6 Å². The number of nitrogens with zero attached hydrogens (tertiary/aromatic N) is 1. The van der Waals surface area contributed by atoms with Crippen LogP contribution in [0.5, 0.6) is 0 Å². The molecule has 0 amide bonds. The molecule has 0 heterocycles. The van der Waals surface area contributed by atoms with Crippen LogP contribution in [0, 0.1) is 5.82 Å². The molecule has 16 heavy (non-hydrogen) atoms. The van der Waals surface area contributed by atoms with E-state index in [1.165, 1.54) is 12.1 Å². The lowest BCUT2D eigenvalue weighted by Crippen LogP contribution is -2.28. The van der Waals surface area contributed by atoms with Crippen molar-refractivity contribution in [3.05, 3.63) is 34.6 Å². The van der Waals surface area contributed by atoms with E-state index in [9.17, 15) is 4.39 Å². The largest absolute Gasteiger partial charge is 0.311 e. The number of nitrogens with one attached hydrogen (secondary N) is 1. The Morgan fingerprint density at radius 1 is 1.38 bits per heavy atom. The fraction of sp³-hybridized carbons (Fsp3) is 0.500. The second kappa shape index (κ2) is 6.84. The highest BCUT2D eigenvalue weighted by atomic mass is 35.5. The van der Waals surface area contributed by atoms with E-state index in [0.29, 0.717) is 11.6 Å². The van der Waals surface area contributed by atoms with Gasteiger partial charge in [0.25, 0.3) is 0 Å². The first-order valence-corrected chi connectivity index (χ1v) is 5.84. The molecular weight excluding hydrogens is 227 g/mol. The molecule has 2 nitrogen and oxygen atoms in total. The first-order chi connectivity index (χ1) is 7.61. The molecule has 0 saturated carbocycles. The molecule has 0 unspecified atom stereocenters. The maximum atomic E-state index is 13.0. The normalized spacial score (nSPS) is 11.1. The summed E-state index contributed by atoms with van der Waals surface area (Å²) in [5, 5.41) is 3.70. The van der Waals surface area contributed by atoms with Crippen LogP contribution in [0.25, 0.3) is 0 Å². The van der Waals surface area contributed by atoms with Gasteiger partial charge in [-0.25, -0.2) is 4.39 Å². The molecular formula is C12H18ClFN2. The maximum Gasteiger partial charge on any atom is 0.125 e. The van der Waals surface area contributed by atoms with Crippen molar-refractivity contribution < 1.29 is 4.39 Å². The molecule has 0 spiro atoms. The Labute approximate surface area is 101 Å². The molecule has 0 saturated heterocycles. The summed E-state index contributed by atoms with van der Waals surface area (Å²) in [6.45, 7) is 5.67. The van der Waals surface area contributed by atoms with Crippen molar-refractivity contribution in [3.63, 3.8) is 0 Å². The number of hydrogen-bond acceptors (Lipinski definition) is 2. The van der Waals surface area contributed by atoms with E-state index in [-0.39, 0.29) is 5.82 Å². The van der Waals surface area contributed by atoms with Crippen LogP contribution in [-0.2, 0) is 6.54 Å². The smallest absolute Gasteiger partial charge is 0.125 e. The van der Waals surface area contributed by atoms with Gasteiger partial charge in [0.1, 0.15) is 5.82 Å². The lowest BCUT2D eigenvalue weighted by atomic mass is 10.2. The second-order valence-electron chi connectivity index (χ2n) is 3.85. The number of benzene rings is 1. The van der Waals surface area contributed by atoms with Crippen molar-refractivity contribution in [1.82, 2.24) is 10.2 Å². The van der Waals surface area contributed by atoms with Crippen LogP contribution in [0.1, 0.15) is 12.5 Å². The standard InChI is InChI=1S/C12H18ClFN2/c1-3-16(2)5-4-15-9-10-6-11(13)8-12(14)7-10/h6-8,15H,3-5,9H2,1-2H3. The Morgan fingerprint density at radius 3 is 2.75 bits per heavy atom. The average Bonchev–Trinajstić information content (AvgIpc) is 2.22. The summed E-state index contributed by atoms with van der Waals surface area (Å²) in [5.74, 6) is -0.282. The molecule has 1 aromatic carbocycles. The molecule has 0 aliphatic carbocycles. The van der Waals surface area contributed by atoms with E-state index in [1.54, 1.807) is 6.07 Å². The minimum Gasteiger partial charge on any atom is -0.311 e. The first-order valence-electron chi connectivity index (χ1n) is 5.46.